The number of nitrogens with zero attached hydrogens (tertiary/aromatic N) is 2. The standard InChI is InChI=1S/C18H25N3O4/c1-2-3-10-20-11-12-21(18(25)17(20)24)15(16(23)19-9-13-22)14-7-5-4-6-8-14/h4-8,15,22H,2-3,9-13H2,1H3,(H,19,23)/t15-/m0/s1. The third-order valence-electron chi connectivity index (χ3n) is 4.21. The number of rotatable bonds is 8. The first-order valence-corrected chi connectivity index (χ1v) is 8.63. The number of benzene rings is 1. The Hall–Kier alpha value is -2.41. The summed E-state index contributed by atoms with van der Waals surface area (Å²) in [6, 6.07) is 8.02. The van der Waals surface area contributed by atoms with Crippen LogP contribution in [0.5, 0.6) is 0 Å². The predicted molar refractivity (Wildman–Crippen MR) is 92.5 cm³/mol. The topological polar surface area (TPSA) is 89.9 Å². The fraction of sp³-hybridized carbons (Fsp3) is 0.500. The summed E-state index contributed by atoms with van der Waals surface area (Å²) in [5, 5.41) is 11.5. The summed E-state index contributed by atoms with van der Waals surface area (Å²) in [4.78, 5) is 40.4. The molecule has 1 atom stereocenters. The maximum Gasteiger partial charge on any atom is 0.313 e. The van der Waals surface area contributed by atoms with Crippen LogP contribution in [0.4, 0.5) is 0 Å². The highest BCUT2D eigenvalue weighted by Gasteiger charge is 2.39. The first-order chi connectivity index (χ1) is 12.1. The lowest BCUT2D eigenvalue weighted by Gasteiger charge is -2.38. The van der Waals surface area contributed by atoms with E-state index in [9.17, 15) is 14.4 Å². The molecule has 0 aliphatic carbocycles. The quantitative estimate of drug-likeness (QED) is 0.662. The van der Waals surface area contributed by atoms with E-state index < -0.39 is 23.8 Å². The molecule has 136 valence electrons. The van der Waals surface area contributed by atoms with Gasteiger partial charge in [0.25, 0.3) is 0 Å². The molecule has 0 unspecified atom stereocenters. The van der Waals surface area contributed by atoms with Crippen LogP contribution in [0.3, 0.4) is 0 Å². The highest BCUT2D eigenvalue weighted by Crippen LogP contribution is 2.24. The molecule has 1 aromatic rings. The number of aliphatic hydroxyl groups is 1. The van der Waals surface area contributed by atoms with Crippen molar-refractivity contribution in [1.82, 2.24) is 15.1 Å². The SMILES string of the molecule is CCCCN1CCN([C@H](C(=O)NCCO)c2ccccc2)C(=O)C1=O. The van der Waals surface area contributed by atoms with E-state index in [1.54, 1.807) is 29.2 Å². The highest BCUT2D eigenvalue weighted by molar-refractivity contribution is 6.35. The second-order valence-corrected chi connectivity index (χ2v) is 5.97. The van der Waals surface area contributed by atoms with Gasteiger partial charge in [-0.05, 0) is 12.0 Å². The Labute approximate surface area is 147 Å². The summed E-state index contributed by atoms with van der Waals surface area (Å²) in [7, 11) is 0. The number of carbonyl (C=O) groups is 3. The van der Waals surface area contributed by atoms with Crippen LogP contribution in [-0.2, 0) is 14.4 Å². The molecule has 0 aromatic heterocycles. The maximum atomic E-state index is 12.6. The van der Waals surface area contributed by atoms with Gasteiger partial charge in [0, 0.05) is 26.2 Å². The van der Waals surface area contributed by atoms with Crippen molar-refractivity contribution in [1.29, 1.82) is 0 Å². The van der Waals surface area contributed by atoms with Crippen LogP contribution in [0.2, 0.25) is 0 Å². The first kappa shape index (κ1) is 18.9. The summed E-state index contributed by atoms with van der Waals surface area (Å²) in [5.41, 5.74) is 0.640. The number of carbonyl (C=O) groups excluding carboxylic acids is 3. The number of amides is 3. The van der Waals surface area contributed by atoms with Crippen molar-refractivity contribution in [3.8, 4) is 0 Å². The van der Waals surface area contributed by atoms with Crippen molar-refractivity contribution in [3.05, 3.63) is 35.9 Å². The van der Waals surface area contributed by atoms with Crippen LogP contribution in [0.1, 0.15) is 31.4 Å². The molecule has 2 rings (SSSR count). The summed E-state index contributed by atoms with van der Waals surface area (Å²) >= 11 is 0. The Morgan fingerprint density at radius 3 is 2.56 bits per heavy atom. The van der Waals surface area contributed by atoms with E-state index in [1.165, 1.54) is 4.90 Å². The van der Waals surface area contributed by atoms with Gasteiger partial charge in [-0.25, -0.2) is 0 Å². The van der Waals surface area contributed by atoms with E-state index in [2.05, 4.69) is 5.32 Å². The zero-order valence-corrected chi connectivity index (χ0v) is 14.5. The number of nitrogens with one attached hydrogen (secondary N) is 1. The monoisotopic (exact) mass is 347 g/mol. The van der Waals surface area contributed by atoms with Crippen molar-refractivity contribution in [2.45, 2.75) is 25.8 Å². The largest absolute Gasteiger partial charge is 0.395 e. The van der Waals surface area contributed by atoms with E-state index in [0.717, 1.165) is 12.8 Å². The van der Waals surface area contributed by atoms with Crippen LogP contribution in [0, 0.1) is 0 Å². The summed E-state index contributed by atoms with van der Waals surface area (Å²) in [6.07, 6.45) is 1.79. The van der Waals surface area contributed by atoms with Crippen LogP contribution < -0.4 is 5.32 Å². The lowest BCUT2D eigenvalue weighted by Crippen LogP contribution is -2.57. The van der Waals surface area contributed by atoms with Crippen LogP contribution >= 0.6 is 0 Å². The predicted octanol–water partition coefficient (Wildman–Crippen LogP) is 0.307. The van der Waals surface area contributed by atoms with Gasteiger partial charge in [-0.3, -0.25) is 14.4 Å². The Morgan fingerprint density at radius 2 is 1.92 bits per heavy atom. The Morgan fingerprint density at radius 1 is 1.20 bits per heavy atom. The number of hydrogen-bond acceptors (Lipinski definition) is 4. The van der Waals surface area contributed by atoms with Crippen molar-refractivity contribution < 1.29 is 19.5 Å². The minimum absolute atomic E-state index is 0.0980. The molecular formula is C18H25N3O4. The first-order valence-electron chi connectivity index (χ1n) is 8.63. The number of aliphatic hydroxyl groups excluding tert-OH is 1. The number of unbranched alkanes of at least 4 members (excludes halogenated alkanes) is 1. The van der Waals surface area contributed by atoms with E-state index in [0.29, 0.717) is 25.2 Å². The molecule has 0 radical (unpaired) electrons. The minimum atomic E-state index is -0.877. The van der Waals surface area contributed by atoms with Crippen molar-refractivity contribution in [2.75, 3.05) is 32.8 Å². The smallest absolute Gasteiger partial charge is 0.313 e. The molecule has 0 bridgehead atoms. The van der Waals surface area contributed by atoms with Crippen LogP contribution in [0.25, 0.3) is 0 Å². The van der Waals surface area contributed by atoms with E-state index in [-0.39, 0.29) is 13.2 Å². The molecule has 25 heavy (non-hydrogen) atoms. The molecule has 3 amide bonds. The summed E-state index contributed by atoms with van der Waals surface area (Å²) < 4.78 is 0. The molecule has 1 fully saturated rings. The Balaban J connectivity index is 2.21. The summed E-state index contributed by atoms with van der Waals surface area (Å²) in [5.74, 6) is -1.62. The van der Waals surface area contributed by atoms with Gasteiger partial charge in [0.2, 0.25) is 5.91 Å². The van der Waals surface area contributed by atoms with Crippen LogP contribution in [-0.4, -0.2) is 65.4 Å². The molecule has 0 spiro atoms. The molecule has 7 heteroatoms. The molecule has 1 saturated heterocycles. The Kier molecular flexibility index (Phi) is 6.94. The molecule has 1 aliphatic heterocycles. The second kappa shape index (κ2) is 9.17. The fourth-order valence-corrected chi connectivity index (χ4v) is 2.88. The highest BCUT2D eigenvalue weighted by atomic mass is 16.3. The van der Waals surface area contributed by atoms with Gasteiger partial charge in [0.1, 0.15) is 6.04 Å². The molecule has 2 N–H and O–H groups in total. The Bertz CT molecular complexity index is 606. The molecular weight excluding hydrogens is 322 g/mol. The molecule has 1 heterocycles. The fourth-order valence-electron chi connectivity index (χ4n) is 2.88. The summed E-state index contributed by atoms with van der Waals surface area (Å²) in [6.45, 7) is 3.22. The van der Waals surface area contributed by atoms with Gasteiger partial charge in [-0.1, -0.05) is 43.7 Å². The van der Waals surface area contributed by atoms with E-state index in [4.69, 9.17) is 5.11 Å². The lowest BCUT2D eigenvalue weighted by molar-refractivity contribution is -0.159. The molecule has 0 saturated carbocycles. The van der Waals surface area contributed by atoms with Crippen molar-refractivity contribution in [2.24, 2.45) is 0 Å². The lowest BCUT2D eigenvalue weighted by atomic mass is 10.0. The normalized spacial score (nSPS) is 16.1. The van der Waals surface area contributed by atoms with Gasteiger partial charge in [-0.15, -0.1) is 0 Å². The minimum Gasteiger partial charge on any atom is -0.395 e. The van der Waals surface area contributed by atoms with Crippen molar-refractivity contribution >= 4 is 17.7 Å². The zero-order chi connectivity index (χ0) is 18.2. The zero-order valence-electron chi connectivity index (χ0n) is 14.5. The van der Waals surface area contributed by atoms with Gasteiger partial charge in [0.05, 0.1) is 6.61 Å². The van der Waals surface area contributed by atoms with Gasteiger partial charge >= 0.3 is 11.8 Å². The molecule has 7 nitrogen and oxygen atoms in total. The average molecular weight is 347 g/mol. The maximum absolute atomic E-state index is 12.6. The van der Waals surface area contributed by atoms with Crippen LogP contribution in [0.15, 0.2) is 30.3 Å². The second-order valence-electron chi connectivity index (χ2n) is 5.97. The molecule has 1 aromatic carbocycles. The number of piperazine rings is 1. The van der Waals surface area contributed by atoms with Gasteiger partial charge in [-0.2, -0.15) is 0 Å². The van der Waals surface area contributed by atoms with Gasteiger partial charge < -0.3 is 20.2 Å². The van der Waals surface area contributed by atoms with Gasteiger partial charge in [0.15, 0.2) is 0 Å². The average Bonchev–Trinajstić information content (AvgIpc) is 2.64. The third-order valence-corrected chi connectivity index (χ3v) is 4.21. The van der Waals surface area contributed by atoms with E-state index >= 15 is 0 Å². The molecule has 1 aliphatic rings. The van der Waals surface area contributed by atoms with E-state index in [1.807, 2.05) is 13.0 Å². The van der Waals surface area contributed by atoms with Crippen molar-refractivity contribution in [3.63, 3.8) is 0 Å². The number of hydrogen-bond donors (Lipinski definition) is 2. The third kappa shape index (κ3) is 4.57.